The van der Waals surface area contributed by atoms with E-state index in [9.17, 15) is 0 Å². The van der Waals surface area contributed by atoms with Gasteiger partial charge in [-0.05, 0) is 54.2 Å². The van der Waals surface area contributed by atoms with Gasteiger partial charge in [-0.25, -0.2) is 0 Å². The topological polar surface area (TPSA) is 0 Å². The molecule has 0 aliphatic heterocycles. The van der Waals surface area contributed by atoms with Crippen molar-refractivity contribution in [2.45, 2.75) is 58.3 Å². The first-order valence-electron chi connectivity index (χ1n) is 6.71. The molecule has 1 unspecified atom stereocenters. The van der Waals surface area contributed by atoms with Crippen LogP contribution in [0.15, 0.2) is 18.2 Å². The Morgan fingerprint density at radius 3 is 2.41 bits per heavy atom. The number of aryl methyl sites for hydroxylation is 2. The van der Waals surface area contributed by atoms with Crippen LogP contribution in [0, 0.1) is 5.41 Å². The summed E-state index contributed by atoms with van der Waals surface area (Å²) >= 11 is 6.53. The number of hydrogen-bond donors (Lipinski definition) is 0. The highest BCUT2D eigenvalue weighted by molar-refractivity contribution is 6.20. The molecular formula is C16H23Cl. The van der Waals surface area contributed by atoms with Crippen molar-refractivity contribution < 1.29 is 0 Å². The molecule has 17 heavy (non-hydrogen) atoms. The van der Waals surface area contributed by atoms with Crippen LogP contribution < -0.4 is 0 Å². The van der Waals surface area contributed by atoms with E-state index < -0.39 is 0 Å². The van der Waals surface area contributed by atoms with Gasteiger partial charge in [0.25, 0.3) is 0 Å². The molecule has 0 amide bonds. The van der Waals surface area contributed by atoms with E-state index in [1.54, 1.807) is 5.56 Å². The standard InChI is InChI=1S/C16H23Cl/c1-16(2,3)11-15(17)14-9-8-12-6-4-5-7-13(12)10-14/h8-10,15H,4-7,11H2,1-3H3. The number of hydrogen-bond acceptors (Lipinski definition) is 0. The lowest BCUT2D eigenvalue weighted by Gasteiger charge is -2.23. The fourth-order valence-electron chi connectivity index (χ4n) is 2.60. The lowest BCUT2D eigenvalue weighted by molar-refractivity contribution is 0.372. The summed E-state index contributed by atoms with van der Waals surface area (Å²) in [5, 5.41) is 0.155. The zero-order valence-electron chi connectivity index (χ0n) is 11.2. The van der Waals surface area contributed by atoms with Gasteiger partial charge in [0.1, 0.15) is 0 Å². The molecule has 0 nitrogen and oxygen atoms in total. The Balaban J connectivity index is 2.16. The van der Waals surface area contributed by atoms with Gasteiger partial charge in [-0.2, -0.15) is 0 Å². The monoisotopic (exact) mass is 250 g/mol. The maximum Gasteiger partial charge on any atom is 0.0590 e. The van der Waals surface area contributed by atoms with E-state index in [1.807, 2.05) is 0 Å². The van der Waals surface area contributed by atoms with E-state index in [0.717, 1.165) is 6.42 Å². The molecule has 0 heterocycles. The average molecular weight is 251 g/mol. The summed E-state index contributed by atoms with van der Waals surface area (Å²) in [4.78, 5) is 0. The summed E-state index contributed by atoms with van der Waals surface area (Å²) in [7, 11) is 0. The Hall–Kier alpha value is -0.490. The number of rotatable bonds is 2. The maximum atomic E-state index is 6.53. The second kappa shape index (κ2) is 5.02. The van der Waals surface area contributed by atoms with Crippen LogP contribution in [-0.4, -0.2) is 0 Å². The third-order valence-electron chi connectivity index (χ3n) is 3.53. The van der Waals surface area contributed by atoms with Gasteiger partial charge in [0, 0.05) is 0 Å². The molecule has 1 heteroatoms. The minimum absolute atomic E-state index is 0.155. The molecule has 1 aliphatic rings. The van der Waals surface area contributed by atoms with E-state index in [4.69, 9.17) is 11.6 Å². The Bertz CT molecular complexity index is 387. The quantitative estimate of drug-likeness (QED) is 0.627. The van der Waals surface area contributed by atoms with Crippen LogP contribution in [0.1, 0.15) is 62.1 Å². The van der Waals surface area contributed by atoms with Crippen LogP contribution in [0.3, 0.4) is 0 Å². The average Bonchev–Trinajstić information content (AvgIpc) is 2.26. The molecule has 0 saturated carbocycles. The predicted octanol–water partition coefficient (Wildman–Crippen LogP) is 5.28. The highest BCUT2D eigenvalue weighted by atomic mass is 35.5. The Labute approximate surface area is 110 Å². The lowest BCUT2D eigenvalue weighted by atomic mass is 9.86. The highest BCUT2D eigenvalue weighted by Crippen LogP contribution is 2.35. The molecule has 1 aromatic rings. The molecule has 0 bridgehead atoms. The van der Waals surface area contributed by atoms with Crippen molar-refractivity contribution in [3.05, 3.63) is 34.9 Å². The molecule has 94 valence electrons. The Morgan fingerprint density at radius 1 is 1.12 bits per heavy atom. The van der Waals surface area contributed by atoms with Gasteiger partial charge in [0.15, 0.2) is 0 Å². The van der Waals surface area contributed by atoms with Crippen LogP contribution in [-0.2, 0) is 12.8 Å². The first kappa shape index (κ1) is 13.0. The molecule has 0 saturated heterocycles. The molecule has 1 aliphatic carbocycles. The van der Waals surface area contributed by atoms with E-state index in [-0.39, 0.29) is 5.38 Å². The molecule has 2 rings (SSSR count). The summed E-state index contributed by atoms with van der Waals surface area (Å²) in [5.74, 6) is 0. The van der Waals surface area contributed by atoms with Crippen molar-refractivity contribution >= 4 is 11.6 Å². The fourth-order valence-corrected chi connectivity index (χ4v) is 3.20. The number of alkyl halides is 1. The summed E-state index contributed by atoms with van der Waals surface area (Å²) in [6.07, 6.45) is 6.21. The second-order valence-electron chi connectivity index (χ2n) is 6.47. The third-order valence-corrected chi connectivity index (χ3v) is 3.93. The number of benzene rings is 1. The molecule has 0 spiro atoms. The van der Waals surface area contributed by atoms with Crippen LogP contribution in [0.2, 0.25) is 0 Å². The lowest BCUT2D eigenvalue weighted by Crippen LogP contribution is -2.10. The SMILES string of the molecule is CC(C)(C)CC(Cl)c1ccc2c(c1)CCCC2. The minimum atomic E-state index is 0.155. The van der Waals surface area contributed by atoms with Gasteiger partial charge in [-0.1, -0.05) is 39.0 Å². The van der Waals surface area contributed by atoms with Crippen molar-refractivity contribution in [1.29, 1.82) is 0 Å². The highest BCUT2D eigenvalue weighted by Gasteiger charge is 2.19. The van der Waals surface area contributed by atoms with E-state index in [1.165, 1.54) is 36.8 Å². The van der Waals surface area contributed by atoms with Gasteiger partial charge >= 0.3 is 0 Å². The van der Waals surface area contributed by atoms with Gasteiger partial charge in [0.05, 0.1) is 5.38 Å². The maximum absolute atomic E-state index is 6.53. The van der Waals surface area contributed by atoms with Gasteiger partial charge in [-0.3, -0.25) is 0 Å². The zero-order valence-corrected chi connectivity index (χ0v) is 12.0. The van der Waals surface area contributed by atoms with Crippen LogP contribution in [0.4, 0.5) is 0 Å². The molecule has 0 fully saturated rings. The zero-order chi connectivity index (χ0) is 12.5. The molecule has 1 atom stereocenters. The van der Waals surface area contributed by atoms with Crippen molar-refractivity contribution in [2.75, 3.05) is 0 Å². The predicted molar refractivity (Wildman–Crippen MR) is 75.8 cm³/mol. The smallest absolute Gasteiger partial charge is 0.0590 e. The van der Waals surface area contributed by atoms with Gasteiger partial charge in [0.2, 0.25) is 0 Å². The fraction of sp³-hybridized carbons (Fsp3) is 0.625. The summed E-state index contributed by atoms with van der Waals surface area (Å²) in [5.41, 5.74) is 4.68. The van der Waals surface area contributed by atoms with Crippen molar-refractivity contribution in [3.8, 4) is 0 Å². The van der Waals surface area contributed by atoms with Gasteiger partial charge in [-0.15, -0.1) is 11.6 Å². The van der Waals surface area contributed by atoms with Crippen molar-refractivity contribution in [1.82, 2.24) is 0 Å². The minimum Gasteiger partial charge on any atom is -0.118 e. The first-order chi connectivity index (χ1) is 7.96. The summed E-state index contributed by atoms with van der Waals surface area (Å²) in [6.45, 7) is 6.75. The van der Waals surface area contributed by atoms with Crippen LogP contribution in [0.5, 0.6) is 0 Å². The van der Waals surface area contributed by atoms with Gasteiger partial charge < -0.3 is 0 Å². The molecular weight excluding hydrogens is 228 g/mol. The summed E-state index contributed by atoms with van der Waals surface area (Å²) in [6, 6.07) is 6.87. The first-order valence-corrected chi connectivity index (χ1v) is 7.15. The number of fused-ring (bicyclic) bond motifs is 1. The second-order valence-corrected chi connectivity index (χ2v) is 6.99. The molecule has 1 aromatic carbocycles. The Morgan fingerprint density at radius 2 is 1.76 bits per heavy atom. The molecule has 0 radical (unpaired) electrons. The normalized spacial score (nSPS) is 17.6. The van der Waals surface area contributed by atoms with Crippen LogP contribution >= 0.6 is 11.6 Å². The largest absolute Gasteiger partial charge is 0.118 e. The number of halogens is 1. The molecule has 0 N–H and O–H groups in total. The van der Waals surface area contributed by atoms with Crippen molar-refractivity contribution in [3.63, 3.8) is 0 Å². The van der Waals surface area contributed by atoms with Crippen LogP contribution in [0.25, 0.3) is 0 Å². The van der Waals surface area contributed by atoms with E-state index in [2.05, 4.69) is 39.0 Å². The van der Waals surface area contributed by atoms with Crippen molar-refractivity contribution in [2.24, 2.45) is 5.41 Å². The summed E-state index contributed by atoms with van der Waals surface area (Å²) < 4.78 is 0. The molecule has 0 aromatic heterocycles. The van der Waals surface area contributed by atoms with E-state index >= 15 is 0 Å². The van der Waals surface area contributed by atoms with E-state index in [0.29, 0.717) is 5.41 Å². The third kappa shape index (κ3) is 3.48. The Kier molecular flexibility index (Phi) is 3.82.